The van der Waals surface area contributed by atoms with Crippen LogP contribution in [-0.4, -0.2) is 28.1 Å². The lowest BCUT2D eigenvalue weighted by Gasteiger charge is -2.30. The van der Waals surface area contributed by atoms with Crippen molar-refractivity contribution in [1.29, 1.82) is 0 Å². The molecular formula is C12H21N3S. The minimum atomic E-state index is 0.661. The van der Waals surface area contributed by atoms with E-state index >= 15 is 0 Å². The van der Waals surface area contributed by atoms with Crippen molar-refractivity contribution in [3.05, 3.63) is 11.8 Å². The predicted octanol–water partition coefficient (Wildman–Crippen LogP) is 2.35. The molecule has 0 amide bonds. The molecule has 1 N–H and O–H groups in total. The van der Waals surface area contributed by atoms with Gasteiger partial charge in [-0.2, -0.15) is 5.10 Å². The van der Waals surface area contributed by atoms with Crippen LogP contribution < -0.4 is 5.32 Å². The third kappa shape index (κ3) is 2.61. The van der Waals surface area contributed by atoms with Crippen LogP contribution in [-0.2, 0) is 7.05 Å². The lowest BCUT2D eigenvalue weighted by molar-refractivity contribution is 0.405. The molecule has 0 bridgehead atoms. The molecule has 90 valence electrons. The van der Waals surface area contributed by atoms with Gasteiger partial charge in [0, 0.05) is 18.3 Å². The first-order valence-corrected chi connectivity index (χ1v) is 6.93. The van der Waals surface area contributed by atoms with Crippen molar-refractivity contribution in [2.75, 3.05) is 7.05 Å². The Kier molecular flexibility index (Phi) is 3.92. The molecule has 0 saturated heterocycles. The van der Waals surface area contributed by atoms with E-state index in [1.807, 2.05) is 23.5 Å². The SMILES string of the molecule is CNC1CCCCC1Sc1cc(C)nn1C. The Labute approximate surface area is 102 Å². The highest BCUT2D eigenvalue weighted by atomic mass is 32.2. The minimum Gasteiger partial charge on any atom is -0.316 e. The molecule has 3 nitrogen and oxygen atoms in total. The number of aryl methyl sites for hydroxylation is 2. The van der Waals surface area contributed by atoms with Crippen molar-refractivity contribution >= 4 is 11.8 Å². The third-order valence-corrected chi connectivity index (χ3v) is 4.80. The summed E-state index contributed by atoms with van der Waals surface area (Å²) < 4.78 is 2.00. The summed E-state index contributed by atoms with van der Waals surface area (Å²) in [5.74, 6) is 0. The van der Waals surface area contributed by atoms with E-state index in [4.69, 9.17) is 0 Å². The zero-order valence-corrected chi connectivity index (χ0v) is 11.2. The molecule has 1 aliphatic rings. The van der Waals surface area contributed by atoms with Crippen LogP contribution in [0.15, 0.2) is 11.1 Å². The fraction of sp³-hybridized carbons (Fsp3) is 0.750. The summed E-state index contributed by atoms with van der Waals surface area (Å²) in [7, 11) is 4.12. The predicted molar refractivity (Wildman–Crippen MR) is 68.9 cm³/mol. The summed E-state index contributed by atoms with van der Waals surface area (Å²) in [5, 5.41) is 9.85. The highest BCUT2D eigenvalue weighted by Crippen LogP contribution is 2.33. The molecule has 1 aromatic heterocycles. The van der Waals surface area contributed by atoms with Gasteiger partial charge in [-0.15, -0.1) is 11.8 Å². The molecular weight excluding hydrogens is 218 g/mol. The fourth-order valence-electron chi connectivity index (χ4n) is 2.42. The van der Waals surface area contributed by atoms with Gasteiger partial charge in [-0.1, -0.05) is 12.8 Å². The highest BCUT2D eigenvalue weighted by Gasteiger charge is 2.25. The molecule has 1 fully saturated rings. The van der Waals surface area contributed by atoms with Crippen LogP contribution in [0.3, 0.4) is 0 Å². The Balaban J connectivity index is 2.04. The van der Waals surface area contributed by atoms with Gasteiger partial charge in [0.15, 0.2) is 0 Å². The van der Waals surface area contributed by atoms with E-state index in [-0.39, 0.29) is 0 Å². The van der Waals surface area contributed by atoms with E-state index in [1.54, 1.807) is 0 Å². The van der Waals surface area contributed by atoms with E-state index < -0.39 is 0 Å². The molecule has 0 aliphatic heterocycles. The molecule has 1 saturated carbocycles. The van der Waals surface area contributed by atoms with Crippen molar-refractivity contribution in [2.45, 2.75) is 48.9 Å². The molecule has 0 aromatic carbocycles. The molecule has 1 aromatic rings. The first kappa shape index (κ1) is 12.0. The minimum absolute atomic E-state index is 0.661. The van der Waals surface area contributed by atoms with Gasteiger partial charge < -0.3 is 5.32 Å². The number of rotatable bonds is 3. The lowest BCUT2D eigenvalue weighted by atomic mass is 9.95. The van der Waals surface area contributed by atoms with Crippen molar-refractivity contribution in [1.82, 2.24) is 15.1 Å². The summed E-state index contributed by atoms with van der Waals surface area (Å²) in [5.41, 5.74) is 1.11. The maximum absolute atomic E-state index is 4.40. The van der Waals surface area contributed by atoms with Gasteiger partial charge in [0.1, 0.15) is 0 Å². The second-order valence-electron chi connectivity index (χ2n) is 4.58. The van der Waals surface area contributed by atoms with E-state index in [9.17, 15) is 0 Å². The van der Waals surface area contributed by atoms with Gasteiger partial charge in [-0.25, -0.2) is 0 Å². The lowest BCUT2D eigenvalue weighted by Crippen LogP contribution is -2.38. The van der Waals surface area contributed by atoms with Gasteiger partial charge in [-0.05, 0) is 32.9 Å². The van der Waals surface area contributed by atoms with Crippen LogP contribution in [0.5, 0.6) is 0 Å². The quantitative estimate of drug-likeness (QED) is 0.878. The van der Waals surface area contributed by atoms with Crippen molar-refractivity contribution in [3.8, 4) is 0 Å². The van der Waals surface area contributed by atoms with Gasteiger partial charge in [0.25, 0.3) is 0 Å². The molecule has 16 heavy (non-hydrogen) atoms. The number of nitrogens with zero attached hydrogens (tertiary/aromatic N) is 2. The van der Waals surface area contributed by atoms with Gasteiger partial charge in [0.05, 0.1) is 10.7 Å². The number of aromatic nitrogens is 2. The molecule has 2 unspecified atom stereocenters. The van der Waals surface area contributed by atoms with Crippen molar-refractivity contribution < 1.29 is 0 Å². The first-order valence-electron chi connectivity index (χ1n) is 6.05. The smallest absolute Gasteiger partial charge is 0.0942 e. The van der Waals surface area contributed by atoms with Crippen LogP contribution in [0.1, 0.15) is 31.4 Å². The summed E-state index contributed by atoms with van der Waals surface area (Å²) >= 11 is 1.98. The molecule has 0 spiro atoms. The van der Waals surface area contributed by atoms with Crippen LogP contribution >= 0.6 is 11.8 Å². The average molecular weight is 239 g/mol. The summed E-state index contributed by atoms with van der Waals surface area (Å²) in [6.45, 7) is 2.06. The molecule has 4 heteroatoms. The Morgan fingerprint density at radius 1 is 1.44 bits per heavy atom. The topological polar surface area (TPSA) is 29.9 Å². The maximum Gasteiger partial charge on any atom is 0.0942 e. The Morgan fingerprint density at radius 2 is 2.19 bits per heavy atom. The summed E-state index contributed by atoms with van der Waals surface area (Å²) in [6.07, 6.45) is 5.37. The second-order valence-corrected chi connectivity index (χ2v) is 5.84. The number of hydrogen-bond acceptors (Lipinski definition) is 3. The third-order valence-electron chi connectivity index (χ3n) is 3.30. The zero-order chi connectivity index (χ0) is 11.5. The molecule has 2 rings (SSSR count). The molecule has 1 heterocycles. The van der Waals surface area contributed by atoms with E-state index in [0.29, 0.717) is 11.3 Å². The molecule has 1 aliphatic carbocycles. The largest absolute Gasteiger partial charge is 0.316 e. The van der Waals surface area contributed by atoms with Crippen LogP contribution in [0.4, 0.5) is 0 Å². The maximum atomic E-state index is 4.40. The summed E-state index contributed by atoms with van der Waals surface area (Å²) in [6, 6.07) is 2.85. The van der Waals surface area contributed by atoms with Crippen molar-refractivity contribution in [2.24, 2.45) is 7.05 Å². The van der Waals surface area contributed by atoms with Crippen LogP contribution in [0.2, 0.25) is 0 Å². The first-order chi connectivity index (χ1) is 7.70. The molecule has 0 radical (unpaired) electrons. The van der Waals surface area contributed by atoms with Gasteiger partial charge in [-0.3, -0.25) is 4.68 Å². The number of nitrogens with one attached hydrogen (secondary N) is 1. The summed E-state index contributed by atoms with van der Waals surface area (Å²) in [4.78, 5) is 0. The van der Waals surface area contributed by atoms with Gasteiger partial charge >= 0.3 is 0 Å². The second kappa shape index (κ2) is 5.23. The monoisotopic (exact) mass is 239 g/mol. The highest BCUT2D eigenvalue weighted by molar-refractivity contribution is 7.99. The van der Waals surface area contributed by atoms with E-state index in [2.05, 4.69) is 30.5 Å². The zero-order valence-electron chi connectivity index (χ0n) is 10.4. The Bertz CT molecular complexity index is 348. The number of hydrogen-bond donors (Lipinski definition) is 1. The van der Waals surface area contributed by atoms with Crippen molar-refractivity contribution in [3.63, 3.8) is 0 Å². The Morgan fingerprint density at radius 3 is 2.81 bits per heavy atom. The normalized spacial score (nSPS) is 25.9. The fourth-order valence-corrected chi connectivity index (χ4v) is 3.88. The molecule has 2 atom stereocenters. The average Bonchev–Trinajstić information content (AvgIpc) is 2.58. The van der Waals surface area contributed by atoms with Crippen LogP contribution in [0.25, 0.3) is 0 Å². The van der Waals surface area contributed by atoms with E-state index in [1.165, 1.54) is 30.7 Å². The Hall–Kier alpha value is -0.480. The standard InChI is InChI=1S/C12H21N3S/c1-9-8-12(15(3)14-9)16-11-7-5-4-6-10(11)13-2/h8,10-11,13H,4-7H2,1-3H3. The number of thioether (sulfide) groups is 1. The van der Waals surface area contributed by atoms with E-state index in [0.717, 1.165) is 5.69 Å². The van der Waals surface area contributed by atoms with Gasteiger partial charge in [0.2, 0.25) is 0 Å². The van der Waals surface area contributed by atoms with Crippen LogP contribution in [0, 0.1) is 6.92 Å².